The summed E-state index contributed by atoms with van der Waals surface area (Å²) in [6, 6.07) is -0.939. The van der Waals surface area contributed by atoms with Crippen molar-refractivity contribution in [2.24, 2.45) is 5.73 Å². The molecule has 0 spiro atoms. The first-order chi connectivity index (χ1) is 10.1. The zero-order valence-electron chi connectivity index (χ0n) is 13.4. The van der Waals surface area contributed by atoms with Crippen molar-refractivity contribution in [3.8, 4) is 0 Å². The van der Waals surface area contributed by atoms with Crippen molar-refractivity contribution in [1.82, 2.24) is 5.32 Å². The number of nitrogens with one attached hydrogen (secondary N) is 1. The van der Waals surface area contributed by atoms with Gasteiger partial charge in [0, 0.05) is 6.54 Å². The molecule has 1 atom stereocenters. The summed E-state index contributed by atoms with van der Waals surface area (Å²) in [7, 11) is 0. The van der Waals surface area contributed by atoms with Crippen molar-refractivity contribution in [1.29, 1.82) is 0 Å². The van der Waals surface area contributed by atoms with Crippen molar-refractivity contribution in [3.63, 3.8) is 0 Å². The van der Waals surface area contributed by atoms with Crippen molar-refractivity contribution < 1.29 is 14.7 Å². The number of amides is 1. The van der Waals surface area contributed by atoms with Crippen LogP contribution in [0.25, 0.3) is 0 Å². The number of carboxylic acids is 1. The zero-order chi connectivity index (χ0) is 15.9. The van der Waals surface area contributed by atoms with Gasteiger partial charge in [-0.3, -0.25) is 9.59 Å². The maximum atomic E-state index is 11.4. The average Bonchev–Trinajstić information content (AvgIpc) is 2.43. The normalized spacial score (nSPS) is 12.1. The molecule has 0 rings (SSSR count). The van der Waals surface area contributed by atoms with E-state index in [1.807, 2.05) is 0 Å². The van der Waals surface area contributed by atoms with Crippen LogP contribution >= 0.6 is 0 Å². The van der Waals surface area contributed by atoms with Crippen LogP contribution in [0.5, 0.6) is 0 Å². The minimum Gasteiger partial charge on any atom is -0.481 e. The van der Waals surface area contributed by atoms with Crippen LogP contribution < -0.4 is 11.1 Å². The van der Waals surface area contributed by atoms with E-state index in [0.717, 1.165) is 12.8 Å². The van der Waals surface area contributed by atoms with Gasteiger partial charge in [0.2, 0.25) is 5.91 Å². The van der Waals surface area contributed by atoms with Crippen LogP contribution in [0.2, 0.25) is 0 Å². The summed E-state index contributed by atoms with van der Waals surface area (Å²) in [5.41, 5.74) is 5.46. The fourth-order valence-electron chi connectivity index (χ4n) is 2.24. The summed E-state index contributed by atoms with van der Waals surface area (Å²) in [5.74, 6) is -1.41. The van der Waals surface area contributed by atoms with Crippen LogP contribution in [-0.2, 0) is 9.59 Å². The summed E-state index contributed by atoms with van der Waals surface area (Å²) in [6.45, 7) is 2.82. The molecule has 0 unspecified atom stereocenters. The van der Waals surface area contributed by atoms with Gasteiger partial charge < -0.3 is 16.2 Å². The van der Waals surface area contributed by atoms with E-state index >= 15 is 0 Å². The molecule has 0 aliphatic heterocycles. The molecule has 0 bridgehead atoms. The first-order valence-electron chi connectivity index (χ1n) is 8.33. The second kappa shape index (κ2) is 13.9. The van der Waals surface area contributed by atoms with Crippen LogP contribution in [-0.4, -0.2) is 29.6 Å². The van der Waals surface area contributed by atoms with Gasteiger partial charge in [-0.1, -0.05) is 64.7 Å². The maximum Gasteiger partial charge on any atom is 0.305 e. The molecule has 0 fully saturated rings. The zero-order valence-corrected chi connectivity index (χ0v) is 13.4. The largest absolute Gasteiger partial charge is 0.481 e. The first kappa shape index (κ1) is 19.9. The van der Waals surface area contributed by atoms with Gasteiger partial charge >= 0.3 is 5.97 Å². The van der Waals surface area contributed by atoms with Gasteiger partial charge in [-0.15, -0.1) is 0 Å². The Morgan fingerprint density at radius 1 is 0.952 bits per heavy atom. The Balaban J connectivity index is 3.28. The first-order valence-corrected chi connectivity index (χ1v) is 8.33. The fourth-order valence-corrected chi connectivity index (χ4v) is 2.24. The Morgan fingerprint density at radius 2 is 1.43 bits per heavy atom. The Kier molecular flexibility index (Phi) is 13.1. The number of unbranched alkanes of at least 4 members (excludes halogenated alkanes) is 9. The number of rotatable bonds is 14. The molecule has 124 valence electrons. The molecule has 0 radical (unpaired) electrons. The number of nitrogens with two attached hydrogens (primary N) is 1. The van der Waals surface area contributed by atoms with Gasteiger partial charge in [0.1, 0.15) is 0 Å². The van der Waals surface area contributed by atoms with Crippen molar-refractivity contribution in [3.05, 3.63) is 0 Å². The lowest BCUT2D eigenvalue weighted by Gasteiger charge is -2.09. The molecule has 0 aliphatic carbocycles. The summed E-state index contributed by atoms with van der Waals surface area (Å²) in [5, 5.41) is 11.2. The molecule has 0 heterocycles. The molecule has 0 aromatic rings. The van der Waals surface area contributed by atoms with Gasteiger partial charge in [-0.2, -0.15) is 0 Å². The highest BCUT2D eigenvalue weighted by Crippen LogP contribution is 2.10. The minimum atomic E-state index is -1.04. The van der Waals surface area contributed by atoms with Crippen molar-refractivity contribution >= 4 is 11.9 Å². The van der Waals surface area contributed by atoms with E-state index in [4.69, 9.17) is 10.8 Å². The second-order valence-corrected chi connectivity index (χ2v) is 5.68. The molecule has 21 heavy (non-hydrogen) atoms. The summed E-state index contributed by atoms with van der Waals surface area (Å²) in [6.07, 6.45) is 12.2. The lowest BCUT2D eigenvalue weighted by molar-refractivity contribution is -0.139. The molecule has 0 aliphatic rings. The highest BCUT2D eigenvalue weighted by Gasteiger charge is 2.15. The Hall–Kier alpha value is -1.10. The SMILES string of the molecule is CCCCCCCCCCCCNC(=O)[C@@H](N)CC(=O)O. The summed E-state index contributed by atoms with van der Waals surface area (Å²) in [4.78, 5) is 21.9. The van der Waals surface area contributed by atoms with Gasteiger partial charge in [0.05, 0.1) is 12.5 Å². The van der Waals surface area contributed by atoms with Gasteiger partial charge in [-0.05, 0) is 6.42 Å². The third kappa shape index (κ3) is 13.6. The average molecular weight is 300 g/mol. The van der Waals surface area contributed by atoms with Crippen LogP contribution in [0.1, 0.15) is 77.6 Å². The molecular weight excluding hydrogens is 268 g/mol. The van der Waals surface area contributed by atoms with Gasteiger partial charge in [0.15, 0.2) is 0 Å². The molecule has 1 amide bonds. The summed E-state index contributed by atoms with van der Waals surface area (Å²) >= 11 is 0. The Bertz CT molecular complexity index is 283. The van der Waals surface area contributed by atoms with Crippen molar-refractivity contribution in [2.75, 3.05) is 6.54 Å². The predicted octanol–water partition coefficient (Wildman–Crippen LogP) is 2.83. The van der Waals surface area contributed by atoms with E-state index in [1.165, 1.54) is 51.4 Å². The van der Waals surface area contributed by atoms with Crippen LogP contribution in [0.15, 0.2) is 0 Å². The number of carbonyl (C=O) groups excluding carboxylic acids is 1. The number of aliphatic carboxylic acids is 1. The monoisotopic (exact) mass is 300 g/mol. The molecule has 5 heteroatoms. The van der Waals surface area contributed by atoms with E-state index in [1.54, 1.807) is 0 Å². The Morgan fingerprint density at radius 3 is 1.90 bits per heavy atom. The highest BCUT2D eigenvalue weighted by molar-refractivity contribution is 5.85. The quantitative estimate of drug-likeness (QED) is 0.430. The number of carbonyl (C=O) groups is 2. The molecule has 5 nitrogen and oxygen atoms in total. The predicted molar refractivity (Wildman–Crippen MR) is 85.1 cm³/mol. The maximum absolute atomic E-state index is 11.4. The molecule has 0 aromatic carbocycles. The van der Waals surface area contributed by atoms with Crippen molar-refractivity contribution in [2.45, 2.75) is 83.6 Å². The highest BCUT2D eigenvalue weighted by atomic mass is 16.4. The smallest absolute Gasteiger partial charge is 0.305 e. The standard InChI is InChI=1S/C16H32N2O3/c1-2-3-4-5-6-7-8-9-10-11-12-18-16(21)14(17)13-15(19)20/h14H,2-13,17H2,1H3,(H,18,21)(H,19,20)/t14-/m0/s1. The summed E-state index contributed by atoms with van der Waals surface area (Å²) < 4.78 is 0. The minimum absolute atomic E-state index is 0.316. The third-order valence-electron chi connectivity index (χ3n) is 3.56. The topological polar surface area (TPSA) is 92.4 Å². The lowest BCUT2D eigenvalue weighted by atomic mass is 10.1. The van der Waals surface area contributed by atoms with Gasteiger partial charge in [-0.25, -0.2) is 0 Å². The lowest BCUT2D eigenvalue weighted by Crippen LogP contribution is -2.42. The molecule has 0 aromatic heterocycles. The van der Waals surface area contributed by atoms with E-state index in [0.29, 0.717) is 6.54 Å². The van der Waals surface area contributed by atoms with Gasteiger partial charge in [0.25, 0.3) is 0 Å². The molecular formula is C16H32N2O3. The molecule has 0 saturated heterocycles. The molecule has 4 N–H and O–H groups in total. The Labute approximate surface area is 128 Å². The molecule has 0 saturated carbocycles. The van der Waals surface area contributed by atoms with Crippen LogP contribution in [0, 0.1) is 0 Å². The van der Waals surface area contributed by atoms with E-state index in [9.17, 15) is 9.59 Å². The van der Waals surface area contributed by atoms with E-state index in [-0.39, 0.29) is 12.3 Å². The van der Waals surface area contributed by atoms with E-state index < -0.39 is 12.0 Å². The fraction of sp³-hybridized carbons (Fsp3) is 0.875. The number of hydrogen-bond acceptors (Lipinski definition) is 3. The third-order valence-corrected chi connectivity index (χ3v) is 3.56. The number of carboxylic acid groups (broad SMARTS) is 1. The van der Waals surface area contributed by atoms with Crippen LogP contribution in [0.4, 0.5) is 0 Å². The van der Waals surface area contributed by atoms with E-state index in [2.05, 4.69) is 12.2 Å². The second-order valence-electron chi connectivity index (χ2n) is 5.68. The number of hydrogen-bond donors (Lipinski definition) is 3. The van der Waals surface area contributed by atoms with Crippen LogP contribution in [0.3, 0.4) is 0 Å².